The van der Waals surface area contributed by atoms with Crippen LogP contribution in [0.4, 0.5) is 16.6 Å². The van der Waals surface area contributed by atoms with Crippen molar-refractivity contribution in [2.75, 3.05) is 23.9 Å². The molecule has 1 aliphatic rings. The summed E-state index contributed by atoms with van der Waals surface area (Å²) in [4.78, 5) is 36.0. The second-order valence-corrected chi connectivity index (χ2v) is 11.0. The van der Waals surface area contributed by atoms with Gasteiger partial charge in [-0.3, -0.25) is 9.58 Å². The fraction of sp³-hybridized carbons (Fsp3) is 0.393. The number of pyridine rings is 1. The van der Waals surface area contributed by atoms with Gasteiger partial charge in [0.2, 0.25) is 5.95 Å². The van der Waals surface area contributed by atoms with E-state index < -0.39 is 23.9 Å². The van der Waals surface area contributed by atoms with Crippen LogP contribution in [0.25, 0.3) is 22.5 Å². The Morgan fingerprint density at radius 2 is 1.74 bits per heavy atom. The maximum Gasteiger partial charge on any atom is 0.323 e. The number of aliphatic hydroxyl groups excluding tert-OH is 1. The summed E-state index contributed by atoms with van der Waals surface area (Å²) in [7, 11) is 3.11. The normalized spacial score (nSPS) is 16.7. The lowest BCUT2D eigenvalue weighted by Gasteiger charge is -2.36. The molecule has 0 bridgehead atoms. The number of nitrogens with zero attached hydrogens (tertiary/aromatic N) is 8. The number of hydrogen-bond acceptors (Lipinski definition) is 14. The molecule has 0 aromatic carbocycles. The predicted octanol–water partition coefficient (Wildman–Crippen LogP) is 0.728. The maximum absolute atomic E-state index is 13.3. The Morgan fingerprint density at radius 3 is 2.30 bits per heavy atom. The Morgan fingerprint density at radius 1 is 1.04 bits per heavy atom. The van der Waals surface area contributed by atoms with E-state index in [1.165, 1.54) is 22.9 Å². The van der Waals surface area contributed by atoms with Gasteiger partial charge in [0.1, 0.15) is 17.2 Å². The highest BCUT2D eigenvalue weighted by Gasteiger charge is 2.33. The average molecular weight is 657 g/mol. The SMILES string of the molecule is COc1ncc(-c2ccc(N(C(=O)NCC(O)O)[C@H]3CC[C@H](Nc4ncc(C(O)(O)O)c(-c5nn(C)cc5Cl)n4)CC3)nc2)cn1. The van der Waals surface area contributed by atoms with Gasteiger partial charge in [-0.2, -0.15) is 5.10 Å². The van der Waals surface area contributed by atoms with Crippen LogP contribution in [0.15, 0.2) is 43.1 Å². The fourth-order valence-corrected chi connectivity index (χ4v) is 5.42. The summed E-state index contributed by atoms with van der Waals surface area (Å²) in [5.41, 5.74) is 1.10. The zero-order valence-electron chi connectivity index (χ0n) is 24.8. The van der Waals surface area contributed by atoms with Crippen LogP contribution in [0.3, 0.4) is 0 Å². The lowest BCUT2D eigenvalue weighted by molar-refractivity contribution is -0.323. The highest BCUT2D eigenvalue weighted by Crippen LogP contribution is 2.33. The van der Waals surface area contributed by atoms with Gasteiger partial charge in [0.15, 0.2) is 6.29 Å². The summed E-state index contributed by atoms with van der Waals surface area (Å²) in [6, 6.07) is 2.79. The van der Waals surface area contributed by atoms with Crippen LogP contribution in [0, 0.1) is 0 Å². The first-order chi connectivity index (χ1) is 21.9. The molecule has 4 aromatic heterocycles. The molecule has 4 heterocycles. The Bertz CT molecular complexity index is 1640. The molecule has 0 aliphatic heterocycles. The Kier molecular flexibility index (Phi) is 9.90. The van der Waals surface area contributed by atoms with E-state index in [1.54, 1.807) is 37.8 Å². The summed E-state index contributed by atoms with van der Waals surface area (Å²) >= 11 is 6.27. The van der Waals surface area contributed by atoms with Crippen molar-refractivity contribution in [3.63, 3.8) is 0 Å². The average Bonchev–Trinajstić information content (AvgIpc) is 3.38. The molecule has 18 heteroatoms. The number of carbonyl (C=O) groups excluding carboxylic acids is 1. The summed E-state index contributed by atoms with van der Waals surface area (Å²) in [6.45, 7) is -0.361. The molecule has 0 unspecified atom stereocenters. The molecule has 46 heavy (non-hydrogen) atoms. The molecule has 7 N–H and O–H groups in total. The van der Waals surface area contributed by atoms with Gasteiger partial charge in [0.05, 0.1) is 24.2 Å². The molecule has 244 valence electrons. The Hall–Kier alpha value is -4.52. The van der Waals surface area contributed by atoms with E-state index >= 15 is 0 Å². The minimum absolute atomic E-state index is 0.0612. The molecule has 0 spiro atoms. The van der Waals surface area contributed by atoms with Gasteiger partial charge in [-0.1, -0.05) is 11.6 Å². The van der Waals surface area contributed by atoms with E-state index in [9.17, 15) is 30.3 Å². The van der Waals surface area contributed by atoms with E-state index in [-0.39, 0.29) is 47.0 Å². The third-order valence-electron chi connectivity index (χ3n) is 7.35. The number of aliphatic hydroxyl groups is 5. The number of amides is 2. The standard InChI is InChI=1S/C28H33ClN10O7/c1-38-14-20(29)24(37-38)23-19(28(43,44)45)12-31-25(36-23)35-17-4-6-18(7-5-17)39(27(42)34-13-22(40)41)21-8-3-15(9-30-21)16-10-32-26(46-2)33-11-16/h3,8-12,14,17-18,22,40-41,43-45H,4-7,13H2,1-2H3,(H,34,42)(H,31,35,36)/t17-,18-. The number of aryl methyl sites for hydroxylation is 1. The number of rotatable bonds is 10. The second kappa shape index (κ2) is 13.9. The highest BCUT2D eigenvalue weighted by molar-refractivity contribution is 6.32. The largest absolute Gasteiger partial charge is 0.467 e. The smallest absolute Gasteiger partial charge is 0.323 e. The molecule has 0 saturated heterocycles. The maximum atomic E-state index is 13.3. The minimum atomic E-state index is -3.22. The van der Waals surface area contributed by atoms with E-state index in [2.05, 4.69) is 40.7 Å². The Labute approximate surface area is 267 Å². The number of hydrogen-bond donors (Lipinski definition) is 7. The molecule has 1 fully saturated rings. The van der Waals surface area contributed by atoms with Crippen molar-refractivity contribution in [2.45, 2.75) is 50.0 Å². The van der Waals surface area contributed by atoms with E-state index in [1.807, 2.05) is 0 Å². The molecule has 17 nitrogen and oxygen atoms in total. The van der Waals surface area contributed by atoms with E-state index in [4.69, 9.17) is 16.3 Å². The Balaban J connectivity index is 1.32. The van der Waals surface area contributed by atoms with Gasteiger partial charge in [-0.15, -0.1) is 0 Å². The van der Waals surface area contributed by atoms with Gasteiger partial charge in [0, 0.05) is 61.2 Å². The van der Waals surface area contributed by atoms with Crippen molar-refractivity contribution in [3.05, 3.63) is 53.7 Å². The predicted molar refractivity (Wildman–Crippen MR) is 163 cm³/mol. The summed E-state index contributed by atoms with van der Waals surface area (Å²) in [5, 5.41) is 58.4. The van der Waals surface area contributed by atoms with Crippen LogP contribution < -0.4 is 20.3 Å². The van der Waals surface area contributed by atoms with Gasteiger partial charge in [-0.25, -0.2) is 29.7 Å². The number of nitrogens with one attached hydrogen (secondary N) is 2. The van der Waals surface area contributed by atoms with Crippen molar-refractivity contribution >= 4 is 29.4 Å². The van der Waals surface area contributed by atoms with Crippen LogP contribution >= 0.6 is 11.6 Å². The highest BCUT2D eigenvalue weighted by atomic mass is 35.5. The molecule has 0 radical (unpaired) electrons. The van der Waals surface area contributed by atoms with Crippen molar-refractivity contribution in [1.29, 1.82) is 0 Å². The first-order valence-electron chi connectivity index (χ1n) is 14.2. The van der Waals surface area contributed by atoms with Crippen LogP contribution in [-0.2, 0) is 13.0 Å². The van der Waals surface area contributed by atoms with Gasteiger partial charge in [0.25, 0.3) is 0 Å². The van der Waals surface area contributed by atoms with Crippen molar-refractivity contribution in [3.8, 4) is 28.5 Å². The molecule has 5 rings (SSSR count). The summed E-state index contributed by atoms with van der Waals surface area (Å²) in [5.74, 6) is -2.70. The molecule has 4 aromatic rings. The summed E-state index contributed by atoms with van der Waals surface area (Å²) in [6.07, 6.45) is 7.94. The molecule has 2 amide bonds. The lowest BCUT2D eigenvalue weighted by atomic mass is 9.90. The molecular weight excluding hydrogens is 624 g/mol. The number of carbonyl (C=O) groups is 1. The number of methoxy groups -OCH3 is 1. The number of halogens is 1. The van der Waals surface area contributed by atoms with Crippen molar-refractivity contribution in [1.82, 2.24) is 40.0 Å². The first kappa shape index (κ1) is 32.9. The van der Waals surface area contributed by atoms with Gasteiger partial charge < -0.3 is 40.9 Å². The van der Waals surface area contributed by atoms with Crippen molar-refractivity contribution < 1.29 is 35.1 Å². The number of anilines is 2. The van der Waals surface area contributed by atoms with E-state index in [0.29, 0.717) is 37.1 Å². The van der Waals surface area contributed by atoms with Gasteiger partial charge in [-0.05, 0) is 37.8 Å². The third kappa shape index (κ3) is 7.64. The van der Waals surface area contributed by atoms with Gasteiger partial charge >= 0.3 is 18.0 Å². The molecule has 1 saturated carbocycles. The van der Waals surface area contributed by atoms with E-state index in [0.717, 1.165) is 11.8 Å². The topological polar surface area (TPSA) is 237 Å². The lowest BCUT2D eigenvalue weighted by Crippen LogP contribution is -2.50. The molecule has 0 atom stereocenters. The van der Waals surface area contributed by atoms with Crippen LogP contribution in [0.1, 0.15) is 31.2 Å². The number of urea groups is 1. The second-order valence-electron chi connectivity index (χ2n) is 10.6. The first-order valence-corrected chi connectivity index (χ1v) is 14.6. The monoisotopic (exact) mass is 656 g/mol. The molecule has 1 aliphatic carbocycles. The third-order valence-corrected chi connectivity index (χ3v) is 7.62. The van der Waals surface area contributed by atoms with Crippen molar-refractivity contribution in [2.24, 2.45) is 7.05 Å². The molecular formula is C28H33ClN10O7. The quantitative estimate of drug-likeness (QED) is 0.117. The zero-order valence-corrected chi connectivity index (χ0v) is 25.6. The number of aromatic nitrogens is 7. The van der Waals surface area contributed by atoms with Crippen LogP contribution in [0.2, 0.25) is 5.02 Å². The zero-order chi connectivity index (χ0) is 33.0. The van der Waals surface area contributed by atoms with Crippen LogP contribution in [-0.4, -0.2) is 98.3 Å². The van der Waals surface area contributed by atoms with Crippen LogP contribution in [0.5, 0.6) is 6.01 Å². The summed E-state index contributed by atoms with van der Waals surface area (Å²) < 4.78 is 6.43. The fourth-order valence-electron chi connectivity index (χ4n) is 5.15. The number of ether oxygens (including phenoxy) is 1. The minimum Gasteiger partial charge on any atom is -0.467 e.